The van der Waals surface area contributed by atoms with E-state index in [4.69, 9.17) is 11.6 Å². The Bertz CT molecular complexity index is 511. The number of rotatable bonds is 4. The SMILES string of the molecule is CCCNC(=O)C1CCN(C(=O)c2ccccc2Cl)CC1. The van der Waals surface area contributed by atoms with E-state index < -0.39 is 0 Å². The van der Waals surface area contributed by atoms with Crippen molar-refractivity contribution in [2.24, 2.45) is 5.92 Å². The van der Waals surface area contributed by atoms with Gasteiger partial charge in [0.05, 0.1) is 10.6 Å². The highest BCUT2D eigenvalue weighted by molar-refractivity contribution is 6.33. The van der Waals surface area contributed by atoms with Crippen molar-refractivity contribution in [3.63, 3.8) is 0 Å². The zero-order valence-electron chi connectivity index (χ0n) is 12.3. The van der Waals surface area contributed by atoms with Gasteiger partial charge in [-0.2, -0.15) is 0 Å². The Morgan fingerprint density at radius 1 is 1.29 bits per heavy atom. The molecule has 1 saturated heterocycles. The number of hydrogen-bond donors (Lipinski definition) is 1. The molecule has 1 aromatic carbocycles. The van der Waals surface area contributed by atoms with Gasteiger partial charge in [-0.15, -0.1) is 0 Å². The Morgan fingerprint density at radius 2 is 1.95 bits per heavy atom. The molecule has 0 spiro atoms. The summed E-state index contributed by atoms with van der Waals surface area (Å²) in [5.74, 6) is 0.0848. The lowest BCUT2D eigenvalue weighted by atomic mass is 9.95. The summed E-state index contributed by atoms with van der Waals surface area (Å²) >= 11 is 6.06. The Morgan fingerprint density at radius 3 is 2.57 bits per heavy atom. The molecule has 1 heterocycles. The molecule has 0 bridgehead atoms. The molecule has 114 valence electrons. The molecule has 1 aromatic rings. The molecule has 1 aliphatic rings. The third kappa shape index (κ3) is 3.97. The van der Waals surface area contributed by atoms with Crippen LogP contribution in [0.4, 0.5) is 0 Å². The summed E-state index contributed by atoms with van der Waals surface area (Å²) in [6, 6.07) is 7.08. The van der Waals surface area contributed by atoms with Crippen LogP contribution in [-0.2, 0) is 4.79 Å². The van der Waals surface area contributed by atoms with Crippen molar-refractivity contribution in [2.75, 3.05) is 19.6 Å². The number of benzene rings is 1. The number of nitrogens with zero attached hydrogens (tertiary/aromatic N) is 1. The number of hydrogen-bond acceptors (Lipinski definition) is 2. The number of carbonyl (C=O) groups is 2. The number of likely N-dealkylation sites (tertiary alicyclic amines) is 1. The predicted molar refractivity (Wildman–Crippen MR) is 83.4 cm³/mol. The van der Waals surface area contributed by atoms with Crippen molar-refractivity contribution >= 4 is 23.4 Å². The zero-order chi connectivity index (χ0) is 15.2. The van der Waals surface area contributed by atoms with Crippen LogP contribution in [0.3, 0.4) is 0 Å². The van der Waals surface area contributed by atoms with Crippen LogP contribution >= 0.6 is 11.6 Å². The largest absolute Gasteiger partial charge is 0.356 e. The molecule has 2 rings (SSSR count). The van der Waals surface area contributed by atoms with E-state index in [1.165, 1.54) is 0 Å². The lowest BCUT2D eigenvalue weighted by Gasteiger charge is -2.31. The lowest BCUT2D eigenvalue weighted by Crippen LogP contribution is -2.43. The van der Waals surface area contributed by atoms with Gasteiger partial charge in [-0.25, -0.2) is 0 Å². The summed E-state index contributed by atoms with van der Waals surface area (Å²) in [5, 5.41) is 3.40. The molecule has 4 nitrogen and oxygen atoms in total. The zero-order valence-corrected chi connectivity index (χ0v) is 13.0. The van der Waals surface area contributed by atoms with E-state index in [0.29, 0.717) is 36.5 Å². The van der Waals surface area contributed by atoms with Gasteiger partial charge in [0.1, 0.15) is 0 Å². The maximum atomic E-state index is 12.4. The van der Waals surface area contributed by atoms with Crippen molar-refractivity contribution in [1.82, 2.24) is 10.2 Å². The van der Waals surface area contributed by atoms with E-state index in [0.717, 1.165) is 13.0 Å². The first-order chi connectivity index (χ1) is 10.1. The van der Waals surface area contributed by atoms with Crippen molar-refractivity contribution < 1.29 is 9.59 Å². The van der Waals surface area contributed by atoms with E-state index in [9.17, 15) is 9.59 Å². The molecule has 21 heavy (non-hydrogen) atoms. The summed E-state index contributed by atoms with van der Waals surface area (Å²) in [7, 11) is 0. The fraction of sp³-hybridized carbons (Fsp3) is 0.500. The molecule has 5 heteroatoms. The van der Waals surface area contributed by atoms with Crippen molar-refractivity contribution in [3.05, 3.63) is 34.9 Å². The third-order valence-electron chi connectivity index (χ3n) is 3.81. The average molecular weight is 309 g/mol. The number of halogens is 1. The van der Waals surface area contributed by atoms with E-state index in [-0.39, 0.29) is 17.7 Å². The van der Waals surface area contributed by atoms with Crippen LogP contribution < -0.4 is 5.32 Å². The van der Waals surface area contributed by atoms with Gasteiger partial charge in [0.2, 0.25) is 5.91 Å². The minimum atomic E-state index is -0.0481. The summed E-state index contributed by atoms with van der Waals surface area (Å²) in [6.45, 7) is 3.96. The van der Waals surface area contributed by atoms with Crippen molar-refractivity contribution in [2.45, 2.75) is 26.2 Å². The highest BCUT2D eigenvalue weighted by Gasteiger charge is 2.28. The van der Waals surface area contributed by atoms with Crippen LogP contribution in [0.1, 0.15) is 36.5 Å². The van der Waals surface area contributed by atoms with Gasteiger partial charge < -0.3 is 10.2 Å². The van der Waals surface area contributed by atoms with Gasteiger partial charge >= 0.3 is 0 Å². The van der Waals surface area contributed by atoms with Crippen LogP contribution in [0, 0.1) is 5.92 Å². The molecule has 0 atom stereocenters. The van der Waals surface area contributed by atoms with Gasteiger partial charge in [0.15, 0.2) is 0 Å². The van der Waals surface area contributed by atoms with Gasteiger partial charge in [0.25, 0.3) is 5.91 Å². The first kappa shape index (κ1) is 15.8. The number of piperidine rings is 1. The molecule has 0 aromatic heterocycles. The average Bonchev–Trinajstić information content (AvgIpc) is 2.52. The molecule has 2 amide bonds. The molecule has 1 N–H and O–H groups in total. The van der Waals surface area contributed by atoms with Crippen molar-refractivity contribution in [3.8, 4) is 0 Å². The highest BCUT2D eigenvalue weighted by Crippen LogP contribution is 2.22. The minimum absolute atomic E-state index is 0.0202. The van der Waals surface area contributed by atoms with Crippen LogP contribution in [0.15, 0.2) is 24.3 Å². The fourth-order valence-electron chi connectivity index (χ4n) is 2.54. The number of nitrogens with one attached hydrogen (secondary N) is 1. The fourth-order valence-corrected chi connectivity index (χ4v) is 2.76. The van der Waals surface area contributed by atoms with Gasteiger partial charge in [0, 0.05) is 25.6 Å². The standard InChI is InChI=1S/C16H21ClN2O2/c1-2-9-18-15(20)12-7-10-19(11-8-12)16(21)13-5-3-4-6-14(13)17/h3-6,12H,2,7-11H2,1H3,(H,18,20). The summed E-state index contributed by atoms with van der Waals surface area (Å²) in [4.78, 5) is 26.1. The molecule has 0 aliphatic carbocycles. The monoisotopic (exact) mass is 308 g/mol. The van der Waals surface area contributed by atoms with Crippen LogP contribution in [0.25, 0.3) is 0 Å². The smallest absolute Gasteiger partial charge is 0.255 e. The Hall–Kier alpha value is -1.55. The first-order valence-electron chi connectivity index (χ1n) is 7.45. The summed E-state index contributed by atoms with van der Waals surface area (Å²) < 4.78 is 0. The third-order valence-corrected chi connectivity index (χ3v) is 4.14. The maximum Gasteiger partial charge on any atom is 0.255 e. The maximum absolute atomic E-state index is 12.4. The molecule has 0 radical (unpaired) electrons. The van der Waals surface area contributed by atoms with Gasteiger partial charge in [-0.05, 0) is 31.4 Å². The second-order valence-electron chi connectivity index (χ2n) is 5.34. The second-order valence-corrected chi connectivity index (χ2v) is 5.74. The van der Waals surface area contributed by atoms with Gasteiger partial charge in [-0.1, -0.05) is 30.7 Å². The Labute approximate surface area is 130 Å². The number of amides is 2. The number of carbonyl (C=O) groups excluding carboxylic acids is 2. The Kier molecular flexibility index (Phi) is 5.62. The van der Waals surface area contributed by atoms with Crippen LogP contribution in [-0.4, -0.2) is 36.3 Å². The molecule has 0 saturated carbocycles. The summed E-state index contributed by atoms with van der Waals surface area (Å²) in [5.41, 5.74) is 0.535. The highest BCUT2D eigenvalue weighted by atomic mass is 35.5. The normalized spacial score (nSPS) is 15.8. The van der Waals surface area contributed by atoms with Crippen molar-refractivity contribution in [1.29, 1.82) is 0 Å². The first-order valence-corrected chi connectivity index (χ1v) is 7.82. The van der Waals surface area contributed by atoms with E-state index in [1.807, 2.05) is 19.1 Å². The van der Waals surface area contributed by atoms with E-state index in [2.05, 4.69) is 5.32 Å². The lowest BCUT2D eigenvalue weighted by molar-refractivity contribution is -0.126. The molecule has 1 aliphatic heterocycles. The van der Waals surface area contributed by atoms with E-state index in [1.54, 1.807) is 17.0 Å². The Balaban J connectivity index is 1.91. The molecular formula is C16H21ClN2O2. The molecular weight excluding hydrogens is 288 g/mol. The molecule has 0 unspecified atom stereocenters. The quantitative estimate of drug-likeness (QED) is 0.930. The summed E-state index contributed by atoms with van der Waals surface area (Å²) in [6.07, 6.45) is 2.37. The van der Waals surface area contributed by atoms with E-state index >= 15 is 0 Å². The minimum Gasteiger partial charge on any atom is -0.356 e. The topological polar surface area (TPSA) is 49.4 Å². The van der Waals surface area contributed by atoms with Crippen LogP contribution in [0.2, 0.25) is 5.02 Å². The predicted octanol–water partition coefficient (Wildman–Crippen LogP) is 2.72. The molecule has 1 fully saturated rings. The van der Waals surface area contributed by atoms with Crippen LogP contribution in [0.5, 0.6) is 0 Å². The second kappa shape index (κ2) is 7.46. The van der Waals surface area contributed by atoms with Gasteiger partial charge in [-0.3, -0.25) is 9.59 Å².